The molecule has 4 heteroatoms. The molecule has 0 heterocycles. The molecule has 0 bridgehead atoms. The van der Waals surface area contributed by atoms with Crippen LogP contribution in [0.5, 0.6) is 5.75 Å². The summed E-state index contributed by atoms with van der Waals surface area (Å²) in [5.41, 5.74) is 2.62. The Bertz CT molecular complexity index is 427. The summed E-state index contributed by atoms with van der Waals surface area (Å²) in [5.74, 6) is -0.648. The third-order valence-corrected chi connectivity index (χ3v) is 3.70. The standard InChI is InChI=1S/C12H15BrO3/c1-6(5-10(14)15)9-4-7(2)12(16)11(13)8(9)3/h4,6,16H,5H2,1-3H3,(H,14,15). The average Bonchev–Trinajstić information content (AvgIpc) is 2.19. The lowest BCUT2D eigenvalue weighted by atomic mass is 9.92. The molecule has 1 atom stereocenters. The lowest BCUT2D eigenvalue weighted by Crippen LogP contribution is -2.05. The third-order valence-electron chi connectivity index (χ3n) is 2.73. The molecule has 3 nitrogen and oxygen atoms in total. The van der Waals surface area contributed by atoms with Crippen LogP contribution in [0.4, 0.5) is 0 Å². The van der Waals surface area contributed by atoms with Gasteiger partial charge in [-0.15, -0.1) is 0 Å². The molecule has 0 aliphatic heterocycles. The number of aliphatic carboxylic acids is 1. The van der Waals surface area contributed by atoms with Crippen molar-refractivity contribution in [3.63, 3.8) is 0 Å². The summed E-state index contributed by atoms with van der Waals surface area (Å²) in [7, 11) is 0. The minimum Gasteiger partial charge on any atom is -0.506 e. The van der Waals surface area contributed by atoms with Gasteiger partial charge in [-0.2, -0.15) is 0 Å². The van der Waals surface area contributed by atoms with Crippen LogP contribution in [0.2, 0.25) is 0 Å². The van der Waals surface area contributed by atoms with Crippen molar-refractivity contribution in [1.29, 1.82) is 0 Å². The second-order valence-electron chi connectivity index (χ2n) is 4.07. The number of phenols is 1. The summed E-state index contributed by atoms with van der Waals surface area (Å²) in [4.78, 5) is 10.7. The topological polar surface area (TPSA) is 57.5 Å². The summed E-state index contributed by atoms with van der Waals surface area (Å²) in [6, 6.07) is 1.85. The van der Waals surface area contributed by atoms with Crippen molar-refractivity contribution in [3.05, 3.63) is 27.2 Å². The number of benzene rings is 1. The highest BCUT2D eigenvalue weighted by Gasteiger charge is 2.17. The fraction of sp³-hybridized carbons (Fsp3) is 0.417. The summed E-state index contributed by atoms with van der Waals surface area (Å²) in [5, 5.41) is 18.5. The fourth-order valence-corrected chi connectivity index (χ4v) is 2.31. The van der Waals surface area contributed by atoms with Crippen molar-refractivity contribution in [2.75, 3.05) is 0 Å². The van der Waals surface area contributed by atoms with Crippen LogP contribution in [0.1, 0.15) is 36.0 Å². The maximum Gasteiger partial charge on any atom is 0.303 e. The molecule has 0 aliphatic rings. The predicted molar refractivity (Wildman–Crippen MR) is 65.9 cm³/mol. The Hall–Kier alpha value is -1.03. The molecule has 2 N–H and O–H groups in total. The van der Waals surface area contributed by atoms with Crippen LogP contribution in [0.15, 0.2) is 10.5 Å². The van der Waals surface area contributed by atoms with Gasteiger partial charge in [-0.3, -0.25) is 4.79 Å². The minimum atomic E-state index is -0.811. The lowest BCUT2D eigenvalue weighted by Gasteiger charge is -2.16. The van der Waals surface area contributed by atoms with E-state index < -0.39 is 5.97 Å². The van der Waals surface area contributed by atoms with Crippen molar-refractivity contribution in [1.82, 2.24) is 0 Å². The summed E-state index contributed by atoms with van der Waals surface area (Å²) in [6.45, 7) is 5.55. The molecule has 16 heavy (non-hydrogen) atoms. The van der Waals surface area contributed by atoms with Gasteiger partial charge in [0.2, 0.25) is 0 Å². The number of halogens is 1. The van der Waals surface area contributed by atoms with E-state index >= 15 is 0 Å². The summed E-state index contributed by atoms with van der Waals surface area (Å²) < 4.78 is 0.653. The van der Waals surface area contributed by atoms with E-state index in [2.05, 4.69) is 15.9 Å². The van der Waals surface area contributed by atoms with E-state index in [1.54, 1.807) is 6.92 Å². The summed E-state index contributed by atoms with van der Waals surface area (Å²) in [6.07, 6.45) is 0.0947. The largest absolute Gasteiger partial charge is 0.506 e. The van der Waals surface area contributed by atoms with E-state index in [-0.39, 0.29) is 18.1 Å². The summed E-state index contributed by atoms with van der Waals surface area (Å²) >= 11 is 3.32. The molecule has 0 aliphatic carbocycles. The molecule has 0 amide bonds. The van der Waals surface area contributed by atoms with E-state index in [0.29, 0.717) is 4.47 Å². The monoisotopic (exact) mass is 286 g/mol. The maximum atomic E-state index is 10.7. The number of carbonyl (C=O) groups is 1. The maximum absolute atomic E-state index is 10.7. The minimum absolute atomic E-state index is 0.0619. The molecule has 88 valence electrons. The van der Waals surface area contributed by atoms with Gasteiger partial charge in [0.05, 0.1) is 10.9 Å². The molecule has 1 rings (SSSR count). The van der Waals surface area contributed by atoms with Crippen molar-refractivity contribution in [3.8, 4) is 5.75 Å². The second-order valence-corrected chi connectivity index (χ2v) is 4.86. The van der Waals surface area contributed by atoms with Gasteiger partial charge in [-0.05, 0) is 52.4 Å². The highest BCUT2D eigenvalue weighted by atomic mass is 79.9. The first-order chi connectivity index (χ1) is 7.34. The molecular formula is C12H15BrO3. The number of rotatable bonds is 3. The Kier molecular flexibility index (Phi) is 3.97. The lowest BCUT2D eigenvalue weighted by molar-refractivity contribution is -0.137. The van der Waals surface area contributed by atoms with Crippen molar-refractivity contribution >= 4 is 21.9 Å². The number of aryl methyl sites for hydroxylation is 1. The first kappa shape index (κ1) is 13.0. The SMILES string of the molecule is Cc1cc(C(C)CC(=O)O)c(C)c(Br)c1O. The zero-order valence-corrected chi connectivity index (χ0v) is 11.1. The van der Waals surface area contributed by atoms with Gasteiger partial charge in [0, 0.05) is 0 Å². The zero-order chi connectivity index (χ0) is 12.5. The molecule has 0 saturated heterocycles. The van der Waals surface area contributed by atoms with Gasteiger partial charge < -0.3 is 10.2 Å². The molecule has 1 aromatic rings. The number of hydrogen-bond acceptors (Lipinski definition) is 2. The molecule has 1 aromatic carbocycles. The van der Waals surface area contributed by atoms with E-state index in [0.717, 1.165) is 16.7 Å². The zero-order valence-electron chi connectivity index (χ0n) is 9.54. The van der Waals surface area contributed by atoms with Crippen LogP contribution in [0.3, 0.4) is 0 Å². The van der Waals surface area contributed by atoms with Gasteiger partial charge in [-0.25, -0.2) is 0 Å². The smallest absolute Gasteiger partial charge is 0.303 e. The molecule has 0 fully saturated rings. The molecule has 0 spiro atoms. The van der Waals surface area contributed by atoms with Crippen LogP contribution in [-0.2, 0) is 4.79 Å². The number of aromatic hydroxyl groups is 1. The third kappa shape index (κ3) is 2.55. The van der Waals surface area contributed by atoms with Gasteiger partial charge in [0.15, 0.2) is 0 Å². The van der Waals surface area contributed by atoms with Crippen molar-refractivity contribution in [2.24, 2.45) is 0 Å². The quantitative estimate of drug-likeness (QED) is 0.896. The Labute approximate surface area is 103 Å². The first-order valence-corrected chi connectivity index (χ1v) is 5.84. The van der Waals surface area contributed by atoms with Crippen LogP contribution < -0.4 is 0 Å². The van der Waals surface area contributed by atoms with Crippen molar-refractivity contribution in [2.45, 2.75) is 33.1 Å². The Morgan fingerprint density at radius 1 is 1.50 bits per heavy atom. The van der Waals surface area contributed by atoms with Crippen LogP contribution in [-0.4, -0.2) is 16.2 Å². The number of carboxylic acids is 1. The molecule has 0 saturated carbocycles. The molecule has 0 radical (unpaired) electrons. The highest BCUT2D eigenvalue weighted by Crippen LogP contribution is 2.36. The first-order valence-electron chi connectivity index (χ1n) is 5.05. The van der Waals surface area contributed by atoms with Gasteiger partial charge in [0.1, 0.15) is 5.75 Å². The number of carboxylic acid groups (broad SMARTS) is 1. The van der Waals surface area contributed by atoms with Crippen LogP contribution in [0, 0.1) is 13.8 Å². The number of hydrogen-bond donors (Lipinski definition) is 2. The van der Waals surface area contributed by atoms with Crippen LogP contribution >= 0.6 is 15.9 Å². The number of phenolic OH excluding ortho intramolecular Hbond substituents is 1. The van der Waals surface area contributed by atoms with Crippen molar-refractivity contribution < 1.29 is 15.0 Å². The van der Waals surface area contributed by atoms with Gasteiger partial charge in [0.25, 0.3) is 0 Å². The van der Waals surface area contributed by atoms with E-state index in [1.807, 2.05) is 19.9 Å². The molecular weight excluding hydrogens is 272 g/mol. The van der Waals surface area contributed by atoms with Gasteiger partial charge in [-0.1, -0.05) is 13.0 Å². The highest BCUT2D eigenvalue weighted by molar-refractivity contribution is 9.10. The second kappa shape index (κ2) is 4.87. The predicted octanol–water partition coefficient (Wildman–Crippen LogP) is 3.35. The van der Waals surface area contributed by atoms with Crippen LogP contribution in [0.25, 0.3) is 0 Å². The average molecular weight is 287 g/mol. The van der Waals surface area contributed by atoms with E-state index in [9.17, 15) is 9.90 Å². The Balaban J connectivity index is 3.19. The Morgan fingerprint density at radius 2 is 2.06 bits per heavy atom. The Morgan fingerprint density at radius 3 is 2.56 bits per heavy atom. The fourth-order valence-electron chi connectivity index (χ4n) is 1.77. The molecule has 1 unspecified atom stereocenters. The normalized spacial score (nSPS) is 12.5. The van der Waals surface area contributed by atoms with Gasteiger partial charge >= 0.3 is 5.97 Å². The molecule has 0 aromatic heterocycles. The van der Waals surface area contributed by atoms with E-state index in [4.69, 9.17) is 5.11 Å². The van der Waals surface area contributed by atoms with E-state index in [1.165, 1.54) is 0 Å².